The predicted molar refractivity (Wildman–Crippen MR) is 97.5 cm³/mol. The third-order valence-corrected chi connectivity index (χ3v) is 4.52. The molecule has 0 aromatic heterocycles. The molecule has 4 rings (SSSR count). The topological polar surface area (TPSA) is 49.7 Å². The van der Waals surface area contributed by atoms with Gasteiger partial charge in [0.1, 0.15) is 5.84 Å². The highest BCUT2D eigenvalue weighted by molar-refractivity contribution is 6.31. The highest BCUT2D eigenvalue weighted by Crippen LogP contribution is 2.37. The lowest BCUT2D eigenvalue weighted by atomic mass is 9.86. The van der Waals surface area contributed by atoms with Gasteiger partial charge in [0, 0.05) is 5.56 Å². The second-order valence-electron chi connectivity index (χ2n) is 6.11. The van der Waals surface area contributed by atoms with Crippen LogP contribution in [0, 0.1) is 0 Å². The number of aliphatic imine (C=N–C) groups is 1. The van der Waals surface area contributed by atoms with Gasteiger partial charge in [-0.25, -0.2) is 4.99 Å². The SMILES string of the molecule is CC1=CC(=O)C=C[C@]12N=C(c1ccccc1)N(c1ccccc1)C2=O. The molecule has 4 heteroatoms. The van der Waals surface area contributed by atoms with Gasteiger partial charge in [0.2, 0.25) is 0 Å². The molecule has 1 aliphatic carbocycles. The average Bonchev–Trinajstić information content (AvgIpc) is 2.94. The maximum atomic E-state index is 13.4. The standard InChI is InChI=1S/C21H16N2O2/c1-15-14-18(24)12-13-21(15)20(25)23(17-10-6-3-7-11-17)19(22-21)16-8-4-2-5-9-16/h2-14H,1H3/t21-/m0/s1. The third kappa shape index (κ3) is 2.34. The van der Waals surface area contributed by atoms with Crippen LogP contribution in [0.1, 0.15) is 12.5 Å². The molecule has 2 aliphatic rings. The number of carbonyl (C=O) groups excluding carboxylic acids is 2. The Bertz CT molecular complexity index is 942. The summed E-state index contributed by atoms with van der Waals surface area (Å²) in [5.74, 6) is 0.296. The summed E-state index contributed by atoms with van der Waals surface area (Å²) in [6.45, 7) is 1.78. The van der Waals surface area contributed by atoms with Crippen molar-refractivity contribution in [2.24, 2.45) is 4.99 Å². The van der Waals surface area contributed by atoms with E-state index in [1.165, 1.54) is 12.2 Å². The van der Waals surface area contributed by atoms with Gasteiger partial charge in [-0.1, -0.05) is 48.5 Å². The van der Waals surface area contributed by atoms with Crippen LogP contribution in [0.15, 0.2) is 89.5 Å². The van der Waals surface area contributed by atoms with E-state index in [2.05, 4.69) is 0 Å². The number of amides is 1. The van der Waals surface area contributed by atoms with Crippen LogP contribution in [0.5, 0.6) is 0 Å². The number of ketones is 1. The van der Waals surface area contributed by atoms with Gasteiger partial charge in [-0.05, 0) is 42.9 Å². The summed E-state index contributed by atoms with van der Waals surface area (Å²) >= 11 is 0. The smallest absolute Gasteiger partial charge is 0.269 e. The zero-order valence-corrected chi connectivity index (χ0v) is 13.7. The van der Waals surface area contributed by atoms with Crippen molar-refractivity contribution < 1.29 is 9.59 Å². The van der Waals surface area contributed by atoms with E-state index in [9.17, 15) is 9.59 Å². The Hall–Kier alpha value is -3.27. The molecule has 0 saturated carbocycles. The number of benzene rings is 2. The minimum Gasteiger partial charge on any atom is -0.290 e. The van der Waals surface area contributed by atoms with Crippen molar-refractivity contribution in [1.29, 1.82) is 0 Å². The van der Waals surface area contributed by atoms with Crippen molar-refractivity contribution in [2.45, 2.75) is 12.5 Å². The number of anilines is 1. The summed E-state index contributed by atoms with van der Waals surface area (Å²) in [5.41, 5.74) is 1.10. The number of hydrogen-bond donors (Lipinski definition) is 0. The van der Waals surface area contributed by atoms with E-state index in [0.717, 1.165) is 11.3 Å². The summed E-state index contributed by atoms with van der Waals surface area (Å²) in [6.07, 6.45) is 4.52. The molecule has 1 amide bonds. The van der Waals surface area contributed by atoms with Gasteiger partial charge in [-0.15, -0.1) is 0 Å². The molecule has 0 saturated heterocycles. The van der Waals surface area contributed by atoms with E-state index in [1.807, 2.05) is 60.7 Å². The van der Waals surface area contributed by atoms with Crippen LogP contribution in [-0.2, 0) is 9.59 Å². The second-order valence-corrected chi connectivity index (χ2v) is 6.11. The molecular weight excluding hydrogens is 312 g/mol. The van der Waals surface area contributed by atoms with Gasteiger partial charge in [0.25, 0.3) is 5.91 Å². The van der Waals surface area contributed by atoms with Gasteiger partial charge >= 0.3 is 0 Å². The molecule has 2 aromatic rings. The highest BCUT2D eigenvalue weighted by atomic mass is 16.2. The van der Waals surface area contributed by atoms with Crippen LogP contribution in [0.2, 0.25) is 0 Å². The Morgan fingerprint density at radius 3 is 2.20 bits per heavy atom. The third-order valence-electron chi connectivity index (χ3n) is 4.52. The lowest BCUT2D eigenvalue weighted by Crippen LogP contribution is -2.43. The molecule has 4 nitrogen and oxygen atoms in total. The minimum atomic E-state index is -1.14. The molecular formula is C21H16N2O2. The van der Waals surface area contributed by atoms with Crippen LogP contribution < -0.4 is 4.90 Å². The van der Waals surface area contributed by atoms with Crippen molar-refractivity contribution in [2.75, 3.05) is 4.90 Å². The monoisotopic (exact) mass is 328 g/mol. The van der Waals surface area contributed by atoms with Crippen molar-refractivity contribution in [1.82, 2.24) is 0 Å². The predicted octanol–water partition coefficient (Wildman–Crippen LogP) is 3.30. The number of para-hydroxylation sites is 1. The fraction of sp³-hybridized carbons (Fsp3) is 0.0952. The summed E-state index contributed by atoms with van der Waals surface area (Å²) in [6, 6.07) is 19.1. The van der Waals surface area contributed by atoms with E-state index < -0.39 is 5.54 Å². The summed E-state index contributed by atoms with van der Waals surface area (Å²) in [4.78, 5) is 31.5. The van der Waals surface area contributed by atoms with Crippen molar-refractivity contribution in [3.05, 3.63) is 90.0 Å². The fourth-order valence-electron chi connectivity index (χ4n) is 3.20. The first kappa shape index (κ1) is 15.3. The van der Waals surface area contributed by atoms with Crippen LogP contribution in [0.4, 0.5) is 5.69 Å². The molecule has 0 bridgehead atoms. The quantitative estimate of drug-likeness (QED) is 0.849. The molecule has 1 atom stereocenters. The van der Waals surface area contributed by atoms with Gasteiger partial charge in [-0.3, -0.25) is 14.5 Å². The first-order valence-corrected chi connectivity index (χ1v) is 8.09. The van der Waals surface area contributed by atoms with Crippen molar-refractivity contribution >= 4 is 23.2 Å². The maximum absolute atomic E-state index is 13.4. The molecule has 25 heavy (non-hydrogen) atoms. The van der Waals surface area contributed by atoms with E-state index >= 15 is 0 Å². The fourth-order valence-corrected chi connectivity index (χ4v) is 3.20. The molecule has 0 radical (unpaired) electrons. The maximum Gasteiger partial charge on any atom is 0.269 e. The van der Waals surface area contributed by atoms with Crippen LogP contribution in [-0.4, -0.2) is 23.1 Å². The van der Waals surface area contributed by atoms with Crippen molar-refractivity contribution in [3.63, 3.8) is 0 Å². The van der Waals surface area contributed by atoms with Gasteiger partial charge in [0.05, 0.1) is 5.69 Å². The summed E-state index contributed by atoms with van der Waals surface area (Å²) in [7, 11) is 0. The largest absolute Gasteiger partial charge is 0.290 e. The zero-order chi connectivity index (χ0) is 17.4. The number of allylic oxidation sites excluding steroid dienone is 2. The lowest BCUT2D eigenvalue weighted by Gasteiger charge is -2.26. The normalized spacial score (nSPS) is 22.4. The second kappa shape index (κ2) is 5.67. The van der Waals surface area contributed by atoms with E-state index in [0.29, 0.717) is 11.4 Å². The Balaban J connectivity index is 1.92. The zero-order valence-electron chi connectivity index (χ0n) is 13.7. The number of hydrogen-bond acceptors (Lipinski definition) is 3. The Morgan fingerprint density at radius 2 is 1.56 bits per heavy atom. The van der Waals surface area contributed by atoms with Gasteiger partial charge in [-0.2, -0.15) is 0 Å². The number of nitrogens with zero attached hydrogens (tertiary/aromatic N) is 2. The highest BCUT2D eigenvalue weighted by Gasteiger charge is 2.49. The Labute approximate surface area is 145 Å². The molecule has 1 heterocycles. The molecule has 2 aromatic carbocycles. The van der Waals surface area contributed by atoms with E-state index in [1.54, 1.807) is 17.9 Å². The molecule has 0 fully saturated rings. The van der Waals surface area contributed by atoms with Crippen LogP contribution in [0.25, 0.3) is 0 Å². The van der Waals surface area contributed by atoms with Gasteiger partial charge < -0.3 is 0 Å². The van der Waals surface area contributed by atoms with E-state index in [-0.39, 0.29) is 11.7 Å². The van der Waals surface area contributed by atoms with E-state index in [4.69, 9.17) is 4.99 Å². The molecule has 0 N–H and O–H groups in total. The first-order valence-electron chi connectivity index (χ1n) is 8.09. The minimum absolute atomic E-state index is 0.120. The average molecular weight is 328 g/mol. The van der Waals surface area contributed by atoms with Crippen molar-refractivity contribution in [3.8, 4) is 0 Å². The Kier molecular flexibility index (Phi) is 3.46. The lowest BCUT2D eigenvalue weighted by molar-refractivity contribution is -0.119. The Morgan fingerprint density at radius 1 is 0.920 bits per heavy atom. The molecule has 1 aliphatic heterocycles. The van der Waals surface area contributed by atoms with Crippen LogP contribution in [0.3, 0.4) is 0 Å². The van der Waals surface area contributed by atoms with Crippen LogP contribution >= 0.6 is 0 Å². The molecule has 1 spiro atoms. The number of rotatable bonds is 2. The molecule has 0 unspecified atom stereocenters. The number of carbonyl (C=O) groups is 2. The summed E-state index contributed by atoms with van der Waals surface area (Å²) < 4.78 is 0. The van der Waals surface area contributed by atoms with Gasteiger partial charge in [0.15, 0.2) is 11.3 Å². The summed E-state index contributed by atoms with van der Waals surface area (Å²) in [5, 5.41) is 0. The number of amidine groups is 1. The molecule has 122 valence electrons. The first-order chi connectivity index (χ1) is 12.1.